The van der Waals surface area contributed by atoms with Crippen molar-refractivity contribution in [3.05, 3.63) is 35.9 Å². The van der Waals surface area contributed by atoms with Gasteiger partial charge in [0.15, 0.2) is 0 Å². The van der Waals surface area contributed by atoms with Gasteiger partial charge >= 0.3 is 24.2 Å². The summed E-state index contributed by atoms with van der Waals surface area (Å²) in [7, 11) is -1.98. The third-order valence-corrected chi connectivity index (χ3v) is 10.4. The van der Waals surface area contributed by atoms with Gasteiger partial charge in [-0.05, 0) is 11.5 Å². The molecule has 210 valence electrons. The first-order chi connectivity index (χ1) is 16.4. The zero-order valence-electron chi connectivity index (χ0n) is 20.1. The maximum Gasteiger partial charge on any atom is 0.455 e. The second-order valence-electron chi connectivity index (χ2n) is 9.23. The molecule has 1 aromatic rings. The van der Waals surface area contributed by atoms with Gasteiger partial charge in [-0.2, -0.15) is 43.9 Å². The molecule has 0 aliphatic carbocycles. The van der Waals surface area contributed by atoms with Crippen LogP contribution in [0.3, 0.4) is 0 Å². The lowest BCUT2D eigenvalue weighted by molar-refractivity contribution is -0.296. The zero-order valence-corrected chi connectivity index (χ0v) is 21.0. The molecule has 0 saturated carbocycles. The monoisotopic (exact) mass is 561 g/mol. The van der Waals surface area contributed by atoms with Crippen molar-refractivity contribution in [3.63, 3.8) is 0 Å². The quantitative estimate of drug-likeness (QED) is 0.116. The topological polar surface area (TPSA) is 18.5 Å². The number of alkyl halides is 10. The van der Waals surface area contributed by atoms with Gasteiger partial charge in [0.1, 0.15) is 13.2 Å². The van der Waals surface area contributed by atoms with Crippen LogP contribution in [-0.4, -0.2) is 69.1 Å². The zero-order chi connectivity index (χ0) is 27.7. The molecular formula is C23H32F10O2P+. The Labute approximate surface area is 205 Å². The molecule has 0 amide bonds. The minimum Gasteiger partial charge on any atom is -0.375 e. The highest BCUT2D eigenvalue weighted by Crippen LogP contribution is 2.63. The largest absolute Gasteiger partial charge is 0.455 e. The van der Waals surface area contributed by atoms with E-state index in [1.165, 1.54) is 0 Å². The third kappa shape index (κ3) is 11.1. The van der Waals surface area contributed by atoms with Gasteiger partial charge < -0.3 is 9.47 Å². The normalized spacial score (nSPS) is 14.0. The Morgan fingerprint density at radius 1 is 0.694 bits per heavy atom. The van der Waals surface area contributed by atoms with Crippen LogP contribution < -0.4 is 0 Å². The molecule has 0 saturated heterocycles. The minimum atomic E-state index is -5.71. The van der Waals surface area contributed by atoms with Crippen molar-refractivity contribution in [2.24, 2.45) is 5.92 Å². The van der Waals surface area contributed by atoms with E-state index in [2.05, 4.69) is 9.47 Å². The summed E-state index contributed by atoms with van der Waals surface area (Å²) >= 11 is 0. The number of ether oxygens (including phenoxy) is 2. The van der Waals surface area contributed by atoms with E-state index in [-0.39, 0.29) is 32.0 Å². The van der Waals surface area contributed by atoms with E-state index in [0.717, 1.165) is 5.56 Å². The van der Waals surface area contributed by atoms with Crippen molar-refractivity contribution in [3.8, 4) is 0 Å². The summed E-state index contributed by atoms with van der Waals surface area (Å²) in [5.41, 5.74) is 0.973. The van der Waals surface area contributed by atoms with E-state index in [0.29, 0.717) is 24.6 Å². The summed E-state index contributed by atoms with van der Waals surface area (Å²) in [6, 6.07) is 9.23. The van der Waals surface area contributed by atoms with Gasteiger partial charge in [-0.1, -0.05) is 44.2 Å². The average Bonchev–Trinajstić information content (AvgIpc) is 2.71. The van der Waals surface area contributed by atoms with Crippen LogP contribution >= 0.6 is 7.26 Å². The Kier molecular flexibility index (Phi) is 12.4. The molecule has 0 aromatic heterocycles. The highest BCUT2D eigenvalue weighted by Gasteiger charge is 2.58. The molecule has 0 aliphatic rings. The summed E-state index contributed by atoms with van der Waals surface area (Å²) in [6.07, 6.45) is -8.77. The van der Waals surface area contributed by atoms with Crippen LogP contribution in [0.2, 0.25) is 0 Å². The Morgan fingerprint density at radius 2 is 1.11 bits per heavy atom. The standard InChI is InChI=1S/C23H32F10O2P/c1-18(2)14-36(15-19-8-4-3-5-9-19,12-6-10-34-16-20(24,25)22(28,29)30)13-7-11-35-17-21(26,27)23(31,32)33/h3-5,8-9,18H,6-7,10-17H2,1-2H3/q+1. The van der Waals surface area contributed by atoms with Gasteiger partial charge in [-0.3, -0.25) is 0 Å². The van der Waals surface area contributed by atoms with Crippen molar-refractivity contribution >= 4 is 7.26 Å². The second-order valence-corrected chi connectivity index (χ2v) is 13.5. The van der Waals surface area contributed by atoms with Gasteiger partial charge in [-0.25, -0.2) is 0 Å². The van der Waals surface area contributed by atoms with Crippen LogP contribution in [0, 0.1) is 5.92 Å². The Balaban J connectivity index is 2.82. The van der Waals surface area contributed by atoms with Crippen LogP contribution in [-0.2, 0) is 15.6 Å². The Bertz CT molecular complexity index is 716. The van der Waals surface area contributed by atoms with E-state index < -0.39 is 44.7 Å². The van der Waals surface area contributed by atoms with E-state index in [1.54, 1.807) is 0 Å². The van der Waals surface area contributed by atoms with Crippen molar-refractivity contribution < 1.29 is 53.4 Å². The number of hydrogen-bond acceptors (Lipinski definition) is 2. The summed E-state index contributed by atoms with van der Waals surface area (Å²) in [4.78, 5) is 0. The third-order valence-electron chi connectivity index (χ3n) is 5.35. The van der Waals surface area contributed by atoms with Crippen LogP contribution in [0.25, 0.3) is 0 Å². The Hall–Kier alpha value is -1.13. The van der Waals surface area contributed by atoms with E-state index >= 15 is 0 Å². The molecule has 0 aliphatic heterocycles. The average molecular weight is 561 g/mol. The molecule has 13 heteroatoms. The van der Waals surface area contributed by atoms with Gasteiger partial charge in [-0.15, -0.1) is 0 Å². The molecule has 0 atom stereocenters. The van der Waals surface area contributed by atoms with Crippen LogP contribution in [0.5, 0.6) is 0 Å². The van der Waals surface area contributed by atoms with Crippen LogP contribution in [0.4, 0.5) is 43.9 Å². The summed E-state index contributed by atoms with van der Waals surface area (Å²) in [5.74, 6) is -9.73. The SMILES string of the molecule is CC(C)C[P+](CCCOCC(F)(F)C(F)(F)F)(CCCOCC(F)(F)C(F)(F)F)Cc1ccccc1. The fraction of sp³-hybridized carbons (Fsp3) is 0.739. The molecule has 0 bridgehead atoms. The smallest absolute Gasteiger partial charge is 0.375 e. The van der Waals surface area contributed by atoms with E-state index in [9.17, 15) is 43.9 Å². The fourth-order valence-corrected chi connectivity index (χ4v) is 9.00. The van der Waals surface area contributed by atoms with Gasteiger partial charge in [0.2, 0.25) is 0 Å². The lowest BCUT2D eigenvalue weighted by atomic mass is 10.2. The molecule has 0 spiro atoms. The van der Waals surface area contributed by atoms with Gasteiger partial charge in [0.25, 0.3) is 0 Å². The first-order valence-electron chi connectivity index (χ1n) is 11.3. The van der Waals surface area contributed by atoms with Crippen molar-refractivity contribution in [1.82, 2.24) is 0 Å². The molecule has 0 unspecified atom stereocenters. The lowest BCUT2D eigenvalue weighted by Gasteiger charge is -2.30. The highest BCUT2D eigenvalue weighted by molar-refractivity contribution is 7.75. The fourth-order valence-electron chi connectivity index (χ4n) is 3.83. The first kappa shape index (κ1) is 32.9. The van der Waals surface area contributed by atoms with Crippen molar-refractivity contribution in [2.45, 2.75) is 57.0 Å². The number of benzene rings is 1. The van der Waals surface area contributed by atoms with Crippen LogP contribution in [0.15, 0.2) is 30.3 Å². The van der Waals surface area contributed by atoms with Crippen molar-refractivity contribution in [2.75, 3.05) is 44.9 Å². The molecule has 0 heterocycles. The molecule has 0 N–H and O–H groups in total. The summed E-state index contributed by atoms with van der Waals surface area (Å²) in [6.45, 7) is -0.303. The molecule has 1 aromatic carbocycles. The minimum absolute atomic E-state index is 0.188. The first-order valence-corrected chi connectivity index (χ1v) is 13.9. The number of halogens is 10. The lowest BCUT2D eigenvalue weighted by Crippen LogP contribution is -2.40. The summed E-state index contributed by atoms with van der Waals surface area (Å²) in [5, 5.41) is 0. The van der Waals surface area contributed by atoms with Gasteiger partial charge in [0.05, 0.1) is 37.9 Å². The Morgan fingerprint density at radius 3 is 1.47 bits per heavy atom. The van der Waals surface area contributed by atoms with Crippen LogP contribution in [0.1, 0.15) is 32.3 Å². The maximum absolute atomic E-state index is 13.1. The highest BCUT2D eigenvalue weighted by atomic mass is 31.2. The predicted molar refractivity (Wildman–Crippen MR) is 119 cm³/mol. The maximum atomic E-state index is 13.1. The van der Waals surface area contributed by atoms with E-state index in [1.807, 2.05) is 44.2 Å². The molecule has 0 radical (unpaired) electrons. The molecule has 36 heavy (non-hydrogen) atoms. The number of hydrogen-bond donors (Lipinski definition) is 0. The predicted octanol–water partition coefficient (Wildman–Crippen LogP) is 8.07. The van der Waals surface area contributed by atoms with Crippen molar-refractivity contribution in [1.29, 1.82) is 0 Å². The van der Waals surface area contributed by atoms with Gasteiger partial charge in [0, 0.05) is 20.1 Å². The second kappa shape index (κ2) is 13.6. The summed E-state index contributed by atoms with van der Waals surface area (Å²) < 4.78 is 135. The molecule has 0 fully saturated rings. The molecular weight excluding hydrogens is 529 g/mol. The molecule has 2 nitrogen and oxygen atoms in total. The van der Waals surface area contributed by atoms with E-state index in [4.69, 9.17) is 0 Å². The number of rotatable bonds is 16. The molecule has 1 rings (SSSR count).